The highest BCUT2D eigenvalue weighted by atomic mass is 35.5. The number of sulfonamides is 1. The molecule has 0 aliphatic carbocycles. The zero-order chi connectivity index (χ0) is 25.0. The number of ether oxygens (including phenoxy) is 1. The number of halogens is 1. The summed E-state index contributed by atoms with van der Waals surface area (Å²) in [6, 6.07) is 19.6. The van der Waals surface area contributed by atoms with E-state index in [4.69, 9.17) is 16.3 Å². The van der Waals surface area contributed by atoms with Crippen molar-refractivity contribution >= 4 is 38.9 Å². The van der Waals surface area contributed by atoms with Crippen molar-refractivity contribution < 1.29 is 17.9 Å². The Morgan fingerprint density at radius 2 is 1.51 bits per heavy atom. The molecule has 3 aromatic rings. The first-order valence-electron chi connectivity index (χ1n) is 11.3. The minimum Gasteiger partial charge on any atom is -0.484 e. The summed E-state index contributed by atoms with van der Waals surface area (Å²) in [6.07, 6.45) is 0. The molecule has 1 N–H and O–H groups in total. The zero-order valence-corrected chi connectivity index (χ0v) is 21.3. The van der Waals surface area contributed by atoms with Crippen molar-refractivity contribution in [3.05, 3.63) is 82.9 Å². The molecule has 0 atom stereocenters. The van der Waals surface area contributed by atoms with Crippen LogP contribution in [0.5, 0.6) is 5.75 Å². The van der Waals surface area contributed by atoms with Crippen molar-refractivity contribution in [1.82, 2.24) is 4.31 Å². The third-order valence-corrected chi connectivity index (χ3v) is 8.08. The van der Waals surface area contributed by atoms with Gasteiger partial charge in [-0.25, -0.2) is 8.42 Å². The predicted molar refractivity (Wildman–Crippen MR) is 139 cm³/mol. The second kappa shape index (κ2) is 10.7. The maximum Gasteiger partial charge on any atom is 0.262 e. The first kappa shape index (κ1) is 25.0. The molecule has 9 heteroatoms. The molecule has 184 valence electrons. The van der Waals surface area contributed by atoms with Crippen LogP contribution < -0.4 is 15.0 Å². The molecule has 0 unspecified atom stereocenters. The Kier molecular flexibility index (Phi) is 7.64. The third-order valence-electron chi connectivity index (χ3n) is 5.87. The molecule has 0 bridgehead atoms. The fraction of sp³-hybridized carbons (Fsp3) is 0.269. The molecule has 0 radical (unpaired) electrons. The average Bonchev–Trinajstić information content (AvgIpc) is 2.84. The minimum absolute atomic E-state index is 0.141. The first-order valence-corrected chi connectivity index (χ1v) is 13.2. The molecule has 3 aromatic carbocycles. The maximum atomic E-state index is 13.0. The Bertz CT molecular complexity index is 1290. The van der Waals surface area contributed by atoms with E-state index in [9.17, 15) is 13.2 Å². The van der Waals surface area contributed by atoms with Crippen molar-refractivity contribution in [3.63, 3.8) is 0 Å². The van der Waals surface area contributed by atoms with Gasteiger partial charge in [-0.05, 0) is 50.2 Å². The molecule has 0 spiro atoms. The van der Waals surface area contributed by atoms with Gasteiger partial charge in [-0.1, -0.05) is 53.1 Å². The van der Waals surface area contributed by atoms with Crippen LogP contribution in [-0.2, 0) is 14.8 Å². The summed E-state index contributed by atoms with van der Waals surface area (Å²) < 4.78 is 33.1. The van der Waals surface area contributed by atoms with E-state index in [0.29, 0.717) is 48.3 Å². The molecule has 1 aliphatic heterocycles. The second-order valence-electron chi connectivity index (χ2n) is 8.49. The lowest BCUT2D eigenvalue weighted by Gasteiger charge is -2.36. The van der Waals surface area contributed by atoms with Crippen LogP contribution in [0.15, 0.2) is 71.6 Å². The minimum atomic E-state index is -3.57. The summed E-state index contributed by atoms with van der Waals surface area (Å²) >= 11 is 6.51. The Morgan fingerprint density at radius 3 is 2.14 bits per heavy atom. The lowest BCUT2D eigenvalue weighted by molar-refractivity contribution is -0.118. The number of aryl methyl sites for hydroxylation is 2. The zero-order valence-electron chi connectivity index (χ0n) is 19.7. The third kappa shape index (κ3) is 5.96. The summed E-state index contributed by atoms with van der Waals surface area (Å²) in [4.78, 5) is 14.9. The number of rotatable bonds is 7. The van der Waals surface area contributed by atoms with Gasteiger partial charge in [-0.3, -0.25) is 4.79 Å². The monoisotopic (exact) mass is 513 g/mol. The van der Waals surface area contributed by atoms with Gasteiger partial charge in [0.2, 0.25) is 10.0 Å². The van der Waals surface area contributed by atoms with Gasteiger partial charge < -0.3 is 15.0 Å². The van der Waals surface area contributed by atoms with Gasteiger partial charge in [0.05, 0.1) is 21.3 Å². The van der Waals surface area contributed by atoms with Gasteiger partial charge in [0, 0.05) is 26.2 Å². The van der Waals surface area contributed by atoms with Crippen molar-refractivity contribution in [2.24, 2.45) is 0 Å². The molecule has 1 amide bonds. The molecule has 1 fully saturated rings. The number of carbonyl (C=O) groups excluding carboxylic acids is 1. The number of nitrogens with zero attached hydrogens (tertiary/aromatic N) is 2. The quantitative estimate of drug-likeness (QED) is 0.503. The number of hydrogen-bond donors (Lipinski definition) is 1. The van der Waals surface area contributed by atoms with Crippen LogP contribution in [-0.4, -0.2) is 51.4 Å². The number of para-hydroxylation sites is 1. The number of benzene rings is 3. The largest absolute Gasteiger partial charge is 0.484 e. The van der Waals surface area contributed by atoms with Crippen LogP contribution in [0.4, 0.5) is 11.4 Å². The van der Waals surface area contributed by atoms with Crippen LogP contribution >= 0.6 is 11.6 Å². The number of amides is 1. The molecule has 7 nitrogen and oxygen atoms in total. The van der Waals surface area contributed by atoms with E-state index in [-0.39, 0.29) is 17.4 Å². The molecule has 0 saturated carbocycles. The second-order valence-corrected chi connectivity index (χ2v) is 10.8. The van der Waals surface area contributed by atoms with Crippen molar-refractivity contribution in [2.75, 3.05) is 43.0 Å². The fourth-order valence-electron chi connectivity index (χ4n) is 3.92. The van der Waals surface area contributed by atoms with E-state index < -0.39 is 10.0 Å². The van der Waals surface area contributed by atoms with E-state index in [1.54, 1.807) is 42.5 Å². The van der Waals surface area contributed by atoms with E-state index in [0.717, 1.165) is 11.1 Å². The summed E-state index contributed by atoms with van der Waals surface area (Å²) in [5.74, 6) is 0.303. The summed E-state index contributed by atoms with van der Waals surface area (Å²) in [6.45, 7) is 5.27. The molecular formula is C26H28ClN3O4S. The standard InChI is InChI=1S/C26H28ClN3O4S/c1-19-6-10-21(11-7-19)34-18-25(31)28-24-5-3-4-23(27)26(24)29-14-16-30(17-15-29)35(32,33)22-12-8-20(2)9-13-22/h3-13H,14-18H2,1-2H3,(H,28,31). The van der Waals surface area contributed by atoms with Crippen molar-refractivity contribution in [1.29, 1.82) is 0 Å². The average molecular weight is 514 g/mol. The SMILES string of the molecule is Cc1ccc(OCC(=O)Nc2cccc(Cl)c2N2CCN(S(=O)(=O)c3ccc(C)cc3)CC2)cc1. The number of anilines is 2. The van der Waals surface area contributed by atoms with E-state index in [2.05, 4.69) is 5.32 Å². The lowest BCUT2D eigenvalue weighted by Crippen LogP contribution is -2.49. The number of nitrogens with one attached hydrogen (secondary N) is 1. The lowest BCUT2D eigenvalue weighted by atomic mass is 10.2. The molecule has 1 heterocycles. The summed E-state index contributed by atoms with van der Waals surface area (Å²) in [7, 11) is -3.57. The van der Waals surface area contributed by atoms with E-state index >= 15 is 0 Å². The van der Waals surface area contributed by atoms with Gasteiger partial charge >= 0.3 is 0 Å². The van der Waals surface area contributed by atoms with Crippen LogP contribution in [0.2, 0.25) is 5.02 Å². The van der Waals surface area contributed by atoms with Crippen LogP contribution in [0.1, 0.15) is 11.1 Å². The van der Waals surface area contributed by atoms with Gasteiger partial charge in [-0.15, -0.1) is 0 Å². The predicted octanol–water partition coefficient (Wildman–Crippen LogP) is 4.49. The summed E-state index contributed by atoms with van der Waals surface area (Å²) in [5.41, 5.74) is 3.35. The fourth-order valence-corrected chi connectivity index (χ4v) is 5.63. The Labute approximate surface area is 211 Å². The number of piperazine rings is 1. The topological polar surface area (TPSA) is 79.0 Å². The van der Waals surface area contributed by atoms with Crippen LogP contribution in [0.3, 0.4) is 0 Å². The molecule has 1 aliphatic rings. The van der Waals surface area contributed by atoms with Gasteiger partial charge in [0.1, 0.15) is 5.75 Å². The molecular weight excluding hydrogens is 486 g/mol. The highest BCUT2D eigenvalue weighted by molar-refractivity contribution is 7.89. The molecule has 1 saturated heterocycles. The Hall–Kier alpha value is -3.07. The maximum absolute atomic E-state index is 13.0. The van der Waals surface area contributed by atoms with Crippen LogP contribution in [0, 0.1) is 13.8 Å². The Balaban J connectivity index is 1.42. The van der Waals surface area contributed by atoms with E-state index in [1.807, 2.05) is 43.0 Å². The highest BCUT2D eigenvalue weighted by Crippen LogP contribution is 2.35. The van der Waals surface area contributed by atoms with E-state index in [1.165, 1.54) is 4.31 Å². The highest BCUT2D eigenvalue weighted by Gasteiger charge is 2.30. The van der Waals surface area contributed by atoms with Gasteiger partial charge in [0.15, 0.2) is 6.61 Å². The van der Waals surface area contributed by atoms with Crippen molar-refractivity contribution in [2.45, 2.75) is 18.7 Å². The number of hydrogen-bond acceptors (Lipinski definition) is 5. The normalized spacial score (nSPS) is 14.5. The Morgan fingerprint density at radius 1 is 0.914 bits per heavy atom. The number of carbonyl (C=O) groups is 1. The van der Waals surface area contributed by atoms with Gasteiger partial charge in [0.25, 0.3) is 5.91 Å². The molecule has 35 heavy (non-hydrogen) atoms. The van der Waals surface area contributed by atoms with Crippen molar-refractivity contribution in [3.8, 4) is 5.75 Å². The molecule has 4 rings (SSSR count). The smallest absolute Gasteiger partial charge is 0.262 e. The first-order chi connectivity index (χ1) is 16.7. The summed E-state index contributed by atoms with van der Waals surface area (Å²) in [5, 5.41) is 3.36. The van der Waals surface area contributed by atoms with Gasteiger partial charge in [-0.2, -0.15) is 4.31 Å². The molecule has 0 aromatic heterocycles. The van der Waals surface area contributed by atoms with Crippen LogP contribution in [0.25, 0.3) is 0 Å².